The number of nitrogens with one attached hydrogen (secondary N) is 2. The average Bonchev–Trinajstić information content (AvgIpc) is 2.43. The number of anilines is 1. The van der Waals surface area contributed by atoms with Gasteiger partial charge in [-0.25, -0.2) is 4.98 Å². The van der Waals surface area contributed by atoms with Crippen LogP contribution in [0, 0.1) is 6.92 Å². The lowest BCUT2D eigenvalue weighted by Crippen LogP contribution is -2.20. The second-order valence-electron chi connectivity index (χ2n) is 3.11. The molecule has 1 aromatic rings. The van der Waals surface area contributed by atoms with E-state index in [1.165, 1.54) is 6.20 Å². The number of aromatic nitrogens is 2. The molecular weight excluding hydrogens is 260 g/mol. The van der Waals surface area contributed by atoms with Crippen molar-refractivity contribution in [2.24, 2.45) is 0 Å². The number of hydrogen-bond donors (Lipinski definition) is 6. The van der Waals surface area contributed by atoms with Crippen molar-refractivity contribution in [3.63, 3.8) is 0 Å². The fourth-order valence-corrected chi connectivity index (χ4v) is 3.12. The van der Waals surface area contributed by atoms with Crippen LogP contribution in [-0.2, 0) is 9.13 Å². The van der Waals surface area contributed by atoms with Crippen LogP contribution >= 0.6 is 15.2 Å². The van der Waals surface area contributed by atoms with Gasteiger partial charge < -0.3 is 29.9 Å². The van der Waals surface area contributed by atoms with E-state index >= 15 is 0 Å². The van der Waals surface area contributed by atoms with Gasteiger partial charge >= 0.3 is 15.2 Å². The van der Waals surface area contributed by atoms with Crippen LogP contribution in [0.2, 0.25) is 0 Å². The summed E-state index contributed by atoms with van der Waals surface area (Å²) >= 11 is 0. The average molecular weight is 271 g/mol. The third-order valence-corrected chi connectivity index (χ3v) is 4.94. The van der Waals surface area contributed by atoms with Gasteiger partial charge in [-0.2, -0.15) is 0 Å². The molecule has 0 aliphatic rings. The molecule has 92 valence electrons. The zero-order valence-electron chi connectivity index (χ0n) is 8.10. The molecule has 0 radical (unpaired) electrons. The predicted molar refractivity (Wildman–Crippen MR) is 54.8 cm³/mol. The molecule has 9 nitrogen and oxygen atoms in total. The van der Waals surface area contributed by atoms with Crippen molar-refractivity contribution in [1.82, 2.24) is 9.97 Å². The van der Waals surface area contributed by atoms with Crippen LogP contribution in [0.4, 0.5) is 5.95 Å². The molecule has 0 amide bonds. The van der Waals surface area contributed by atoms with Crippen molar-refractivity contribution in [3.05, 3.63) is 11.9 Å². The quantitative estimate of drug-likeness (QED) is 0.410. The predicted octanol–water partition coefficient (Wildman–Crippen LogP) is -0.231. The minimum Gasteiger partial charge on any atom is -0.332 e. The maximum Gasteiger partial charge on any atom is 0.360 e. The fraction of sp³-hybridized carbons (Fsp3) is 0.400. The summed E-state index contributed by atoms with van der Waals surface area (Å²) in [6.07, 6.45) is 1.35. The Labute approximate surface area is 90.2 Å². The zero-order valence-corrected chi connectivity index (χ0v) is 9.89. The lowest BCUT2D eigenvalue weighted by molar-refractivity contribution is 0.343. The Kier molecular flexibility index (Phi) is 3.59. The molecule has 0 aromatic carbocycles. The van der Waals surface area contributed by atoms with Crippen LogP contribution in [0.3, 0.4) is 0 Å². The van der Waals surface area contributed by atoms with E-state index < -0.39 is 20.7 Å². The lowest BCUT2D eigenvalue weighted by atomic mass is 10.6. The second kappa shape index (κ2) is 4.29. The van der Waals surface area contributed by atoms with E-state index in [-0.39, 0.29) is 5.95 Å². The molecule has 16 heavy (non-hydrogen) atoms. The van der Waals surface area contributed by atoms with Crippen molar-refractivity contribution in [3.8, 4) is 0 Å². The molecule has 0 fully saturated rings. The van der Waals surface area contributed by atoms with E-state index in [1.807, 2.05) is 5.32 Å². The van der Waals surface area contributed by atoms with Crippen molar-refractivity contribution >= 4 is 21.1 Å². The molecule has 1 heterocycles. The van der Waals surface area contributed by atoms with Gasteiger partial charge in [0.15, 0.2) is 0 Å². The summed E-state index contributed by atoms with van der Waals surface area (Å²) in [6.45, 7) is 1.63. The van der Waals surface area contributed by atoms with Crippen molar-refractivity contribution < 1.29 is 28.7 Å². The zero-order chi connectivity index (χ0) is 12.6. The molecule has 6 N–H and O–H groups in total. The maximum absolute atomic E-state index is 10.9. The third-order valence-electron chi connectivity index (χ3n) is 1.61. The van der Waals surface area contributed by atoms with Crippen molar-refractivity contribution in [2.75, 3.05) is 5.32 Å². The van der Waals surface area contributed by atoms with Crippen molar-refractivity contribution in [1.29, 1.82) is 0 Å². The van der Waals surface area contributed by atoms with Gasteiger partial charge in [0.25, 0.3) is 0 Å². The number of rotatable bonds is 4. The minimum absolute atomic E-state index is 0.117. The fourth-order valence-electron chi connectivity index (χ4n) is 0.972. The normalized spacial score (nSPS) is 13.1. The third kappa shape index (κ3) is 3.41. The molecule has 1 rings (SSSR count). The Bertz CT molecular complexity index is 438. The molecule has 1 aromatic heterocycles. The highest BCUT2D eigenvalue weighted by Crippen LogP contribution is 2.59. The van der Waals surface area contributed by atoms with Gasteiger partial charge in [-0.1, -0.05) is 0 Å². The summed E-state index contributed by atoms with van der Waals surface area (Å²) in [5, 5.41) is 1.99. The molecule has 0 atom stereocenters. The number of nitrogens with zero attached hydrogens (tertiary/aromatic N) is 1. The van der Waals surface area contributed by atoms with Gasteiger partial charge in [-0.15, -0.1) is 0 Å². The Morgan fingerprint density at radius 1 is 1.31 bits per heavy atom. The molecule has 0 saturated heterocycles. The van der Waals surface area contributed by atoms with Crippen LogP contribution in [0.15, 0.2) is 6.20 Å². The SMILES string of the molecule is Cc1cnc(NC(P(=O)(O)O)P(=O)(O)O)[nH]1. The number of aromatic amines is 1. The van der Waals surface area contributed by atoms with E-state index in [9.17, 15) is 9.13 Å². The van der Waals surface area contributed by atoms with Crippen LogP contribution in [0.1, 0.15) is 5.69 Å². The first-order chi connectivity index (χ1) is 7.10. The molecular formula is C5H11N3O6P2. The first-order valence-electron chi connectivity index (χ1n) is 3.99. The first kappa shape index (κ1) is 13.4. The van der Waals surface area contributed by atoms with E-state index in [1.54, 1.807) is 6.92 Å². The smallest absolute Gasteiger partial charge is 0.332 e. The van der Waals surface area contributed by atoms with Crippen LogP contribution in [0.5, 0.6) is 0 Å². The second-order valence-corrected chi connectivity index (χ2v) is 6.91. The molecule has 0 bridgehead atoms. The lowest BCUT2D eigenvalue weighted by Gasteiger charge is -2.20. The Morgan fingerprint density at radius 3 is 2.12 bits per heavy atom. The summed E-state index contributed by atoms with van der Waals surface area (Å²) in [6, 6.07) is 0. The minimum atomic E-state index is -4.99. The van der Waals surface area contributed by atoms with Gasteiger partial charge in [0.05, 0.1) is 0 Å². The van der Waals surface area contributed by atoms with E-state index in [0.29, 0.717) is 5.69 Å². The van der Waals surface area contributed by atoms with Gasteiger partial charge in [0.1, 0.15) is 0 Å². The summed E-state index contributed by atoms with van der Waals surface area (Å²) in [4.78, 5) is 41.4. The Morgan fingerprint density at radius 2 is 1.81 bits per heavy atom. The topological polar surface area (TPSA) is 156 Å². The number of imidazole rings is 1. The van der Waals surface area contributed by atoms with Crippen LogP contribution in [0.25, 0.3) is 0 Å². The molecule has 0 aliphatic carbocycles. The molecule has 0 unspecified atom stereocenters. The van der Waals surface area contributed by atoms with Crippen LogP contribution in [-0.4, -0.2) is 35.1 Å². The molecule has 0 aliphatic heterocycles. The molecule has 0 spiro atoms. The molecule has 0 saturated carbocycles. The number of aryl methyl sites for hydroxylation is 1. The van der Waals surface area contributed by atoms with Gasteiger partial charge in [0.2, 0.25) is 11.5 Å². The summed E-state index contributed by atoms with van der Waals surface area (Å²) < 4.78 is 21.8. The highest BCUT2D eigenvalue weighted by Gasteiger charge is 2.43. The summed E-state index contributed by atoms with van der Waals surface area (Å²) in [5.41, 5.74) is -1.72. The number of H-pyrrole nitrogens is 1. The Balaban J connectivity index is 2.97. The van der Waals surface area contributed by atoms with Crippen LogP contribution < -0.4 is 5.32 Å². The van der Waals surface area contributed by atoms with E-state index in [0.717, 1.165) is 0 Å². The number of hydrogen-bond acceptors (Lipinski definition) is 4. The maximum atomic E-state index is 10.9. The Hall–Kier alpha value is -0.690. The monoisotopic (exact) mass is 271 g/mol. The highest BCUT2D eigenvalue weighted by atomic mass is 31.2. The van der Waals surface area contributed by atoms with Gasteiger partial charge in [0, 0.05) is 11.9 Å². The summed E-state index contributed by atoms with van der Waals surface area (Å²) in [7, 11) is -9.98. The van der Waals surface area contributed by atoms with Gasteiger partial charge in [-0.3, -0.25) is 9.13 Å². The molecule has 11 heteroatoms. The van der Waals surface area contributed by atoms with E-state index in [2.05, 4.69) is 9.97 Å². The largest absolute Gasteiger partial charge is 0.360 e. The van der Waals surface area contributed by atoms with E-state index in [4.69, 9.17) is 19.6 Å². The van der Waals surface area contributed by atoms with Crippen molar-refractivity contribution in [2.45, 2.75) is 12.4 Å². The first-order valence-corrected chi connectivity index (χ1v) is 7.35. The highest BCUT2D eigenvalue weighted by molar-refractivity contribution is 7.71. The summed E-state index contributed by atoms with van der Waals surface area (Å²) in [5.74, 6) is -0.117. The standard InChI is InChI=1S/C5H11N3O6P2/c1-3-2-6-4(7-3)8-5(15(9,10)11)16(12,13)14/h2,5H,1H3,(H2,6,7,8)(H2,9,10,11)(H2,12,13,14). The van der Waals surface area contributed by atoms with Gasteiger partial charge in [-0.05, 0) is 6.92 Å².